The van der Waals surface area contributed by atoms with Crippen molar-refractivity contribution in [3.63, 3.8) is 0 Å². The van der Waals surface area contributed by atoms with Crippen LogP contribution in [-0.2, 0) is 32.7 Å². The third-order valence-corrected chi connectivity index (χ3v) is 9.96. The summed E-state index contributed by atoms with van der Waals surface area (Å²) in [5.41, 5.74) is 0. The molecule has 11 heteroatoms. The Morgan fingerprint density at radius 2 is 0.860 bits per heavy atom. The van der Waals surface area contributed by atoms with Crippen LogP contribution in [-0.4, -0.2) is 65.7 Å². The summed E-state index contributed by atoms with van der Waals surface area (Å²) in [6.45, 7) is 2.36. The van der Waals surface area contributed by atoms with E-state index in [1.54, 1.807) is 0 Å². The van der Waals surface area contributed by atoms with E-state index < -0.39 is 51.8 Å². The normalized spacial score (nSPS) is 13.9. The average molecular weight is 737 g/mol. The Labute approximate surface area is 305 Å². The molecule has 50 heavy (non-hydrogen) atoms. The van der Waals surface area contributed by atoms with Crippen LogP contribution in [0.4, 0.5) is 0 Å². The lowest BCUT2D eigenvalue weighted by Gasteiger charge is -2.20. The maximum atomic E-state index is 12.5. The zero-order valence-corrected chi connectivity index (χ0v) is 33.0. The number of phosphoric ester groups is 1. The maximum absolute atomic E-state index is 12.5. The molecule has 0 aliphatic carbocycles. The highest BCUT2D eigenvalue weighted by atomic mass is 31.2. The molecule has 0 radical (unpaired) electrons. The Kier molecular flexibility index (Phi) is 35.6. The Morgan fingerprint density at radius 3 is 1.24 bits per heavy atom. The number of aliphatic hydroxyl groups excluding tert-OH is 2. The SMILES string of the molecule is CCCCCCCCCCCCCCCCCCCCCC(=O)OC[C@@H](COP(=O)(O)OC[C@H](O)CO)OC(=O)CCCCCCCCCC. The first kappa shape index (κ1) is 49.0. The molecule has 0 fully saturated rings. The van der Waals surface area contributed by atoms with Gasteiger partial charge in [-0.1, -0.05) is 174 Å². The van der Waals surface area contributed by atoms with Crippen molar-refractivity contribution in [1.82, 2.24) is 0 Å². The van der Waals surface area contributed by atoms with Crippen LogP contribution in [0.15, 0.2) is 0 Å². The van der Waals surface area contributed by atoms with Gasteiger partial charge in [-0.3, -0.25) is 18.6 Å². The summed E-state index contributed by atoms with van der Waals surface area (Å²) >= 11 is 0. The summed E-state index contributed by atoms with van der Waals surface area (Å²) in [6.07, 6.45) is 30.9. The molecule has 0 aromatic rings. The topological polar surface area (TPSA) is 149 Å². The van der Waals surface area contributed by atoms with Gasteiger partial charge in [0.1, 0.15) is 12.7 Å². The predicted molar refractivity (Wildman–Crippen MR) is 201 cm³/mol. The third kappa shape index (κ3) is 35.4. The Hall–Kier alpha value is -1.03. The molecule has 1 unspecified atom stereocenters. The quantitative estimate of drug-likeness (QED) is 0.0316. The number of phosphoric acid groups is 1. The molecule has 0 aliphatic rings. The van der Waals surface area contributed by atoms with Gasteiger partial charge in [0.25, 0.3) is 0 Å². The zero-order chi connectivity index (χ0) is 37.0. The smallest absolute Gasteiger partial charge is 0.462 e. The number of unbranched alkanes of at least 4 members (excludes halogenated alkanes) is 25. The fourth-order valence-corrected chi connectivity index (χ4v) is 6.61. The van der Waals surface area contributed by atoms with Gasteiger partial charge in [0.15, 0.2) is 6.10 Å². The minimum atomic E-state index is -4.60. The predicted octanol–water partition coefficient (Wildman–Crippen LogP) is 10.3. The molecule has 0 amide bonds. The fourth-order valence-electron chi connectivity index (χ4n) is 5.82. The van der Waals surface area contributed by atoms with E-state index >= 15 is 0 Å². The van der Waals surface area contributed by atoms with Crippen LogP contribution < -0.4 is 0 Å². The summed E-state index contributed by atoms with van der Waals surface area (Å²) < 4.78 is 32.5. The number of rotatable bonds is 39. The molecule has 0 aliphatic heterocycles. The second-order valence-electron chi connectivity index (χ2n) is 14.0. The molecule has 0 heterocycles. The summed E-state index contributed by atoms with van der Waals surface area (Å²) in [5.74, 6) is -0.917. The monoisotopic (exact) mass is 737 g/mol. The third-order valence-electron chi connectivity index (χ3n) is 9.01. The van der Waals surface area contributed by atoms with Crippen LogP contribution in [0.5, 0.6) is 0 Å². The first-order valence-electron chi connectivity index (χ1n) is 20.5. The van der Waals surface area contributed by atoms with Crippen LogP contribution in [0, 0.1) is 0 Å². The van der Waals surface area contributed by atoms with E-state index in [4.69, 9.17) is 19.1 Å². The lowest BCUT2D eigenvalue weighted by molar-refractivity contribution is -0.161. The Balaban J connectivity index is 4.14. The van der Waals surface area contributed by atoms with Crippen LogP contribution >= 0.6 is 7.82 Å². The second-order valence-corrected chi connectivity index (χ2v) is 15.5. The molecule has 0 aromatic heterocycles. The number of ether oxygens (including phenoxy) is 2. The number of aliphatic hydroxyl groups is 2. The van der Waals surface area contributed by atoms with E-state index in [2.05, 4.69) is 18.4 Å². The summed E-state index contributed by atoms with van der Waals surface area (Å²) in [4.78, 5) is 34.7. The Morgan fingerprint density at radius 1 is 0.520 bits per heavy atom. The van der Waals surface area contributed by atoms with E-state index in [0.717, 1.165) is 32.1 Å². The molecule has 0 spiro atoms. The van der Waals surface area contributed by atoms with Gasteiger partial charge in [0.2, 0.25) is 0 Å². The molecular weight excluding hydrogens is 659 g/mol. The number of carbonyl (C=O) groups is 2. The van der Waals surface area contributed by atoms with Gasteiger partial charge in [0, 0.05) is 12.8 Å². The largest absolute Gasteiger partial charge is 0.472 e. The van der Waals surface area contributed by atoms with E-state index in [1.807, 2.05) is 0 Å². The van der Waals surface area contributed by atoms with Gasteiger partial charge in [-0.2, -0.15) is 0 Å². The van der Waals surface area contributed by atoms with Crippen LogP contribution in [0.25, 0.3) is 0 Å². The lowest BCUT2D eigenvalue weighted by Crippen LogP contribution is -2.29. The highest BCUT2D eigenvalue weighted by Gasteiger charge is 2.27. The number of carbonyl (C=O) groups excluding carboxylic acids is 2. The summed E-state index contributed by atoms with van der Waals surface area (Å²) in [7, 11) is -4.60. The fraction of sp³-hybridized carbons (Fsp3) is 0.949. The molecule has 0 saturated carbocycles. The van der Waals surface area contributed by atoms with Crippen LogP contribution in [0.1, 0.15) is 200 Å². The number of esters is 2. The summed E-state index contributed by atoms with van der Waals surface area (Å²) in [5, 5.41) is 18.2. The second kappa shape index (κ2) is 36.3. The van der Waals surface area contributed by atoms with Crippen molar-refractivity contribution in [2.75, 3.05) is 26.4 Å². The molecule has 10 nitrogen and oxygen atoms in total. The molecule has 3 atom stereocenters. The average Bonchev–Trinajstić information content (AvgIpc) is 3.10. The van der Waals surface area contributed by atoms with Crippen molar-refractivity contribution in [3.8, 4) is 0 Å². The van der Waals surface area contributed by atoms with Crippen LogP contribution in [0.3, 0.4) is 0 Å². The van der Waals surface area contributed by atoms with Gasteiger partial charge in [-0.05, 0) is 12.8 Å². The zero-order valence-electron chi connectivity index (χ0n) is 32.1. The van der Waals surface area contributed by atoms with Gasteiger partial charge < -0.3 is 24.6 Å². The van der Waals surface area contributed by atoms with Crippen molar-refractivity contribution in [2.24, 2.45) is 0 Å². The molecule has 0 bridgehead atoms. The molecule has 0 rings (SSSR count). The van der Waals surface area contributed by atoms with Gasteiger partial charge >= 0.3 is 19.8 Å². The molecule has 298 valence electrons. The molecule has 3 N–H and O–H groups in total. The first-order valence-corrected chi connectivity index (χ1v) is 22.0. The first-order chi connectivity index (χ1) is 24.2. The molecule has 0 saturated heterocycles. The lowest BCUT2D eigenvalue weighted by atomic mass is 10.0. The van der Waals surface area contributed by atoms with Crippen molar-refractivity contribution < 1.29 is 47.8 Å². The van der Waals surface area contributed by atoms with Gasteiger partial charge in [-0.15, -0.1) is 0 Å². The summed E-state index contributed by atoms with van der Waals surface area (Å²) in [6, 6.07) is 0. The number of hydrogen-bond donors (Lipinski definition) is 3. The van der Waals surface area contributed by atoms with E-state index in [9.17, 15) is 24.2 Å². The minimum absolute atomic E-state index is 0.189. The van der Waals surface area contributed by atoms with Gasteiger partial charge in [-0.25, -0.2) is 4.57 Å². The van der Waals surface area contributed by atoms with Crippen molar-refractivity contribution in [3.05, 3.63) is 0 Å². The molecular formula is C39H77O10P. The molecule has 0 aromatic carbocycles. The maximum Gasteiger partial charge on any atom is 0.472 e. The van der Waals surface area contributed by atoms with E-state index in [-0.39, 0.29) is 19.4 Å². The minimum Gasteiger partial charge on any atom is -0.462 e. The van der Waals surface area contributed by atoms with Gasteiger partial charge in [0.05, 0.1) is 19.8 Å². The standard InChI is InChI=1S/C39H77O10P/c1-3-5-7-9-11-13-14-15-16-17-18-19-20-21-22-23-25-26-28-30-38(42)46-34-37(35-48-50(44,45)47-33-36(41)32-40)49-39(43)31-29-27-24-12-10-8-6-4-2/h36-37,40-41H,3-35H2,1-2H3,(H,44,45)/t36-,37+/m1/s1. The highest BCUT2D eigenvalue weighted by molar-refractivity contribution is 7.47. The van der Waals surface area contributed by atoms with Crippen molar-refractivity contribution >= 4 is 19.8 Å². The van der Waals surface area contributed by atoms with E-state index in [0.29, 0.717) is 12.8 Å². The Bertz CT molecular complexity index is 812. The van der Waals surface area contributed by atoms with Crippen molar-refractivity contribution in [2.45, 2.75) is 212 Å². The van der Waals surface area contributed by atoms with Crippen molar-refractivity contribution in [1.29, 1.82) is 0 Å². The highest BCUT2D eigenvalue weighted by Crippen LogP contribution is 2.43. The van der Waals surface area contributed by atoms with E-state index in [1.165, 1.54) is 128 Å². The number of hydrogen-bond acceptors (Lipinski definition) is 9. The van der Waals surface area contributed by atoms with Crippen LogP contribution in [0.2, 0.25) is 0 Å².